The van der Waals surface area contributed by atoms with E-state index in [1.54, 1.807) is 0 Å². The van der Waals surface area contributed by atoms with Crippen LogP contribution in [0.4, 0.5) is 0 Å². The molecule has 3 heteroatoms. The minimum atomic E-state index is 0.545. The van der Waals surface area contributed by atoms with E-state index in [0.29, 0.717) is 5.54 Å². The van der Waals surface area contributed by atoms with Gasteiger partial charge in [0.1, 0.15) is 0 Å². The third-order valence-corrected chi connectivity index (χ3v) is 6.06. The molecule has 0 atom stereocenters. The average Bonchev–Trinajstić information content (AvgIpc) is 2.41. The third-order valence-electron chi connectivity index (χ3n) is 5.01. The number of rotatable bonds is 1. The van der Waals surface area contributed by atoms with Crippen molar-refractivity contribution in [3.05, 3.63) is 0 Å². The number of hydrogen-bond donors (Lipinski definition) is 1. The molecule has 2 aliphatic heterocycles. The second-order valence-corrected chi connectivity index (χ2v) is 7.22. The van der Waals surface area contributed by atoms with Crippen LogP contribution < -0.4 is 5.32 Å². The summed E-state index contributed by atoms with van der Waals surface area (Å²) in [5.41, 5.74) is 0.545. The van der Waals surface area contributed by atoms with E-state index < -0.39 is 0 Å². The monoisotopic (exact) mass is 254 g/mol. The van der Waals surface area contributed by atoms with Crippen molar-refractivity contribution in [2.75, 3.05) is 31.1 Å². The van der Waals surface area contributed by atoms with Crippen molar-refractivity contribution >= 4 is 11.8 Å². The van der Waals surface area contributed by atoms with Crippen molar-refractivity contribution in [3.63, 3.8) is 0 Å². The van der Waals surface area contributed by atoms with Crippen molar-refractivity contribution in [1.29, 1.82) is 0 Å². The zero-order valence-corrected chi connectivity index (χ0v) is 11.7. The first-order valence-corrected chi connectivity index (χ1v) is 8.61. The molecule has 3 rings (SSSR count). The number of piperazine rings is 1. The van der Waals surface area contributed by atoms with Gasteiger partial charge in [0, 0.05) is 31.2 Å². The van der Waals surface area contributed by atoms with Crippen LogP contribution in [0.25, 0.3) is 0 Å². The number of hydrogen-bond acceptors (Lipinski definition) is 3. The summed E-state index contributed by atoms with van der Waals surface area (Å²) in [6.45, 7) is 3.78. The summed E-state index contributed by atoms with van der Waals surface area (Å²) < 4.78 is 0. The molecule has 98 valence electrons. The van der Waals surface area contributed by atoms with Crippen LogP contribution in [0.3, 0.4) is 0 Å². The van der Waals surface area contributed by atoms with Crippen LogP contribution in [0.1, 0.15) is 44.9 Å². The van der Waals surface area contributed by atoms with Gasteiger partial charge >= 0.3 is 0 Å². The Morgan fingerprint density at radius 2 is 1.82 bits per heavy atom. The maximum Gasteiger partial charge on any atom is 0.0337 e. The smallest absolute Gasteiger partial charge is 0.0337 e. The van der Waals surface area contributed by atoms with E-state index in [9.17, 15) is 0 Å². The van der Waals surface area contributed by atoms with Gasteiger partial charge in [-0.05, 0) is 37.2 Å². The molecule has 1 saturated carbocycles. The van der Waals surface area contributed by atoms with Gasteiger partial charge in [-0.1, -0.05) is 19.3 Å². The van der Waals surface area contributed by atoms with Crippen LogP contribution in [-0.2, 0) is 0 Å². The Morgan fingerprint density at radius 1 is 1.06 bits per heavy atom. The van der Waals surface area contributed by atoms with Crippen molar-refractivity contribution in [1.82, 2.24) is 10.2 Å². The number of nitrogens with zero attached hydrogens (tertiary/aromatic N) is 1. The van der Waals surface area contributed by atoms with Crippen molar-refractivity contribution in [3.8, 4) is 0 Å². The lowest BCUT2D eigenvalue weighted by Gasteiger charge is -2.53. The van der Waals surface area contributed by atoms with E-state index in [-0.39, 0.29) is 0 Å². The fourth-order valence-corrected chi connectivity index (χ4v) is 5.18. The second-order valence-electron chi connectivity index (χ2n) is 6.00. The van der Waals surface area contributed by atoms with Gasteiger partial charge in [0.2, 0.25) is 0 Å². The highest BCUT2D eigenvalue weighted by Crippen LogP contribution is 2.38. The molecular weight excluding hydrogens is 228 g/mol. The van der Waals surface area contributed by atoms with Crippen molar-refractivity contribution in [2.45, 2.75) is 56.5 Å². The molecule has 1 N–H and O–H groups in total. The number of thioether (sulfide) groups is 1. The minimum Gasteiger partial charge on any atom is -0.314 e. The zero-order valence-electron chi connectivity index (χ0n) is 10.9. The fraction of sp³-hybridized carbons (Fsp3) is 1.00. The summed E-state index contributed by atoms with van der Waals surface area (Å²) in [6.07, 6.45) is 10.2. The van der Waals surface area contributed by atoms with E-state index >= 15 is 0 Å². The highest BCUT2D eigenvalue weighted by Gasteiger charge is 2.42. The van der Waals surface area contributed by atoms with Gasteiger partial charge in [-0.3, -0.25) is 4.90 Å². The summed E-state index contributed by atoms with van der Waals surface area (Å²) in [5.74, 6) is 2.79. The molecule has 1 aliphatic carbocycles. The zero-order chi connectivity index (χ0) is 11.6. The van der Waals surface area contributed by atoms with Gasteiger partial charge in [0.15, 0.2) is 0 Å². The Kier molecular flexibility index (Phi) is 3.98. The van der Waals surface area contributed by atoms with E-state index in [0.717, 1.165) is 6.04 Å². The van der Waals surface area contributed by atoms with Gasteiger partial charge < -0.3 is 5.32 Å². The Hall–Kier alpha value is 0.270. The molecule has 2 saturated heterocycles. The first-order chi connectivity index (χ1) is 8.41. The molecule has 2 heterocycles. The Morgan fingerprint density at radius 3 is 2.59 bits per heavy atom. The predicted octanol–water partition coefficient (Wildman–Crippen LogP) is 2.49. The number of nitrogens with one attached hydrogen (secondary N) is 1. The van der Waals surface area contributed by atoms with Crippen LogP contribution in [0.2, 0.25) is 0 Å². The van der Waals surface area contributed by atoms with Gasteiger partial charge in [0.05, 0.1) is 0 Å². The van der Waals surface area contributed by atoms with Crippen molar-refractivity contribution < 1.29 is 0 Å². The Labute approximate surface area is 110 Å². The average molecular weight is 254 g/mol. The Bertz CT molecular complexity index is 236. The molecule has 0 radical (unpaired) electrons. The lowest BCUT2D eigenvalue weighted by Crippen LogP contribution is -2.65. The summed E-state index contributed by atoms with van der Waals surface area (Å²) >= 11 is 2.16. The van der Waals surface area contributed by atoms with Crippen LogP contribution in [0.5, 0.6) is 0 Å². The fourth-order valence-electron chi connectivity index (χ4n) is 4.10. The van der Waals surface area contributed by atoms with Gasteiger partial charge in [0.25, 0.3) is 0 Å². The van der Waals surface area contributed by atoms with Gasteiger partial charge in [-0.15, -0.1) is 0 Å². The normalized spacial score (nSPS) is 31.8. The van der Waals surface area contributed by atoms with E-state index in [1.165, 1.54) is 76.1 Å². The first-order valence-electron chi connectivity index (χ1n) is 7.46. The molecular formula is C14H26N2S. The lowest BCUT2D eigenvalue weighted by molar-refractivity contribution is -0.00987. The SMILES string of the molecule is C1CCC2(CC1)CNCCN2C1CCSCC1. The molecule has 3 fully saturated rings. The topological polar surface area (TPSA) is 15.3 Å². The van der Waals surface area contributed by atoms with E-state index in [2.05, 4.69) is 22.0 Å². The molecule has 17 heavy (non-hydrogen) atoms. The Balaban J connectivity index is 1.73. The van der Waals surface area contributed by atoms with Crippen LogP contribution >= 0.6 is 11.8 Å². The predicted molar refractivity (Wildman–Crippen MR) is 75.7 cm³/mol. The molecule has 0 aromatic heterocycles. The molecule has 1 spiro atoms. The van der Waals surface area contributed by atoms with Crippen LogP contribution in [-0.4, -0.2) is 47.6 Å². The molecule has 0 unspecified atom stereocenters. The van der Waals surface area contributed by atoms with Crippen LogP contribution in [0, 0.1) is 0 Å². The summed E-state index contributed by atoms with van der Waals surface area (Å²) in [7, 11) is 0. The van der Waals surface area contributed by atoms with E-state index in [1.807, 2.05) is 0 Å². The minimum absolute atomic E-state index is 0.545. The standard InChI is InChI=1S/C14H26N2S/c1-2-6-14(7-3-1)12-15-8-9-16(14)13-4-10-17-11-5-13/h13,15H,1-12H2. The summed E-state index contributed by atoms with van der Waals surface area (Å²) in [4.78, 5) is 2.93. The molecule has 3 aliphatic rings. The lowest BCUT2D eigenvalue weighted by atomic mass is 9.78. The van der Waals surface area contributed by atoms with Gasteiger partial charge in [-0.2, -0.15) is 11.8 Å². The first kappa shape index (κ1) is 12.3. The third kappa shape index (κ3) is 2.52. The molecule has 0 amide bonds. The molecule has 0 aromatic carbocycles. The quantitative estimate of drug-likeness (QED) is 0.774. The summed E-state index contributed by atoms with van der Waals surface area (Å²) in [6, 6.07) is 0.899. The van der Waals surface area contributed by atoms with Gasteiger partial charge in [-0.25, -0.2) is 0 Å². The molecule has 0 aromatic rings. The van der Waals surface area contributed by atoms with E-state index in [4.69, 9.17) is 0 Å². The summed E-state index contributed by atoms with van der Waals surface area (Å²) in [5, 5.41) is 3.67. The van der Waals surface area contributed by atoms with Crippen LogP contribution in [0.15, 0.2) is 0 Å². The highest BCUT2D eigenvalue weighted by atomic mass is 32.2. The maximum atomic E-state index is 3.67. The maximum absolute atomic E-state index is 3.67. The molecule has 2 nitrogen and oxygen atoms in total. The van der Waals surface area contributed by atoms with Crippen molar-refractivity contribution in [2.24, 2.45) is 0 Å². The second kappa shape index (κ2) is 5.50. The molecule has 0 bridgehead atoms. The highest BCUT2D eigenvalue weighted by molar-refractivity contribution is 7.99. The largest absolute Gasteiger partial charge is 0.314 e.